The zero-order valence-electron chi connectivity index (χ0n) is 11.3. The normalized spacial score (nSPS) is 23.2. The van der Waals surface area contributed by atoms with Crippen molar-refractivity contribution in [2.45, 2.75) is 24.9 Å². The smallest absolute Gasteiger partial charge is 0.123 e. The summed E-state index contributed by atoms with van der Waals surface area (Å²) in [6.45, 7) is 3.48. The Morgan fingerprint density at radius 3 is 2.84 bits per heavy atom. The van der Waals surface area contributed by atoms with Crippen LogP contribution in [-0.2, 0) is 6.54 Å². The molecule has 0 spiro atoms. The predicted octanol–water partition coefficient (Wildman–Crippen LogP) is 2.11. The second kappa shape index (κ2) is 5.73. The number of nitrogens with two attached hydrogens (primary N) is 1. The molecule has 0 saturated carbocycles. The largest absolute Gasteiger partial charge is 0.492 e. The minimum atomic E-state index is 0.187. The molecule has 0 radical (unpaired) electrons. The predicted molar refractivity (Wildman–Crippen MR) is 80.7 cm³/mol. The van der Waals surface area contributed by atoms with Crippen LogP contribution in [-0.4, -0.2) is 41.6 Å². The molecule has 1 fully saturated rings. The molecule has 0 aromatic heterocycles. The molecular formula is C15H22N2OS. The number of fused-ring (bicyclic) bond motifs is 1. The van der Waals surface area contributed by atoms with Crippen LogP contribution in [0.25, 0.3) is 0 Å². The Hall–Kier alpha value is -0.710. The van der Waals surface area contributed by atoms with E-state index in [1.54, 1.807) is 0 Å². The summed E-state index contributed by atoms with van der Waals surface area (Å²) in [7, 11) is 0. The molecule has 0 unspecified atom stereocenters. The van der Waals surface area contributed by atoms with Gasteiger partial charge in [0.1, 0.15) is 12.4 Å². The van der Waals surface area contributed by atoms with Gasteiger partial charge in [-0.2, -0.15) is 11.8 Å². The quantitative estimate of drug-likeness (QED) is 0.899. The third-order valence-electron chi connectivity index (χ3n) is 4.43. The lowest BCUT2D eigenvalue weighted by Gasteiger charge is -2.45. The van der Waals surface area contributed by atoms with E-state index >= 15 is 0 Å². The lowest BCUT2D eigenvalue weighted by atomic mass is 9.89. The van der Waals surface area contributed by atoms with Crippen LogP contribution >= 0.6 is 11.8 Å². The summed E-state index contributed by atoms with van der Waals surface area (Å²) in [5.74, 6) is 3.51. The Morgan fingerprint density at radius 1 is 1.26 bits per heavy atom. The van der Waals surface area contributed by atoms with Crippen LogP contribution in [0.2, 0.25) is 0 Å². The molecule has 0 amide bonds. The molecule has 4 heteroatoms. The Balaban J connectivity index is 1.84. The van der Waals surface area contributed by atoms with Crippen molar-refractivity contribution < 1.29 is 4.74 Å². The van der Waals surface area contributed by atoms with Crippen molar-refractivity contribution in [3.63, 3.8) is 0 Å². The maximum atomic E-state index is 6.15. The van der Waals surface area contributed by atoms with Crippen LogP contribution in [0.1, 0.15) is 18.4 Å². The van der Waals surface area contributed by atoms with Crippen molar-refractivity contribution in [1.29, 1.82) is 0 Å². The van der Waals surface area contributed by atoms with Crippen LogP contribution in [0.4, 0.5) is 0 Å². The number of benzene rings is 1. The van der Waals surface area contributed by atoms with E-state index in [0.29, 0.717) is 0 Å². The Labute approximate surface area is 119 Å². The highest BCUT2D eigenvalue weighted by atomic mass is 32.2. The third-order valence-corrected chi connectivity index (χ3v) is 5.41. The topological polar surface area (TPSA) is 38.5 Å². The van der Waals surface area contributed by atoms with E-state index in [9.17, 15) is 0 Å². The molecular weight excluding hydrogens is 256 g/mol. The Morgan fingerprint density at radius 2 is 2.05 bits per heavy atom. The maximum absolute atomic E-state index is 6.15. The molecule has 2 aliphatic rings. The van der Waals surface area contributed by atoms with Gasteiger partial charge >= 0.3 is 0 Å². The van der Waals surface area contributed by atoms with E-state index in [4.69, 9.17) is 10.5 Å². The molecule has 3 rings (SSSR count). The van der Waals surface area contributed by atoms with E-state index in [0.717, 1.165) is 32.0 Å². The molecule has 2 N–H and O–H groups in total. The van der Waals surface area contributed by atoms with Crippen LogP contribution in [0.15, 0.2) is 24.3 Å². The van der Waals surface area contributed by atoms with E-state index in [2.05, 4.69) is 34.9 Å². The van der Waals surface area contributed by atoms with Gasteiger partial charge in [-0.15, -0.1) is 0 Å². The summed E-state index contributed by atoms with van der Waals surface area (Å²) < 4.78 is 5.87. The molecule has 2 aliphatic heterocycles. The first-order valence-corrected chi connectivity index (χ1v) is 8.23. The highest BCUT2D eigenvalue weighted by Gasteiger charge is 2.37. The molecule has 2 heterocycles. The van der Waals surface area contributed by atoms with Gasteiger partial charge in [0, 0.05) is 30.7 Å². The Kier molecular flexibility index (Phi) is 4.01. The number of ether oxygens (including phenoxy) is 1. The van der Waals surface area contributed by atoms with Gasteiger partial charge in [-0.1, -0.05) is 18.2 Å². The fourth-order valence-electron chi connectivity index (χ4n) is 3.13. The summed E-state index contributed by atoms with van der Waals surface area (Å²) in [5, 5.41) is 0. The summed E-state index contributed by atoms with van der Waals surface area (Å²) in [4.78, 5) is 2.57. The zero-order valence-corrected chi connectivity index (χ0v) is 12.1. The number of rotatable bonds is 2. The van der Waals surface area contributed by atoms with E-state index < -0.39 is 0 Å². The summed E-state index contributed by atoms with van der Waals surface area (Å²) in [6, 6.07) is 8.39. The van der Waals surface area contributed by atoms with Crippen LogP contribution < -0.4 is 10.5 Å². The number of hydrogen-bond acceptors (Lipinski definition) is 4. The van der Waals surface area contributed by atoms with Gasteiger partial charge in [-0.05, 0) is 30.4 Å². The van der Waals surface area contributed by atoms with Crippen molar-refractivity contribution in [1.82, 2.24) is 4.90 Å². The van der Waals surface area contributed by atoms with Gasteiger partial charge in [0.05, 0.1) is 0 Å². The fraction of sp³-hybridized carbons (Fsp3) is 0.600. The number of para-hydroxylation sites is 1. The van der Waals surface area contributed by atoms with Crippen LogP contribution in [0.3, 0.4) is 0 Å². The first-order chi connectivity index (χ1) is 9.34. The van der Waals surface area contributed by atoms with Crippen molar-refractivity contribution in [2.75, 3.05) is 31.2 Å². The minimum absolute atomic E-state index is 0.187. The zero-order chi connectivity index (χ0) is 13.1. The van der Waals surface area contributed by atoms with Gasteiger partial charge in [0.25, 0.3) is 0 Å². The van der Waals surface area contributed by atoms with Gasteiger partial charge < -0.3 is 10.5 Å². The average Bonchev–Trinajstić information content (AvgIpc) is 2.70. The molecule has 0 bridgehead atoms. The minimum Gasteiger partial charge on any atom is -0.492 e. The van der Waals surface area contributed by atoms with Crippen molar-refractivity contribution >= 4 is 11.8 Å². The lowest BCUT2D eigenvalue weighted by molar-refractivity contribution is 0.0703. The highest BCUT2D eigenvalue weighted by molar-refractivity contribution is 7.99. The lowest BCUT2D eigenvalue weighted by Crippen LogP contribution is -2.56. The number of hydrogen-bond donors (Lipinski definition) is 1. The van der Waals surface area contributed by atoms with Crippen molar-refractivity contribution in [2.24, 2.45) is 5.73 Å². The summed E-state index contributed by atoms with van der Waals surface area (Å²) >= 11 is 2.05. The highest BCUT2D eigenvalue weighted by Crippen LogP contribution is 2.35. The molecule has 19 heavy (non-hydrogen) atoms. The van der Waals surface area contributed by atoms with Gasteiger partial charge in [0.2, 0.25) is 0 Å². The first kappa shape index (κ1) is 13.3. The molecule has 1 aromatic rings. The van der Waals surface area contributed by atoms with Gasteiger partial charge in [0.15, 0.2) is 0 Å². The fourth-order valence-corrected chi connectivity index (χ4v) is 4.38. The molecule has 0 atom stereocenters. The molecule has 3 nitrogen and oxygen atoms in total. The van der Waals surface area contributed by atoms with Crippen molar-refractivity contribution in [3.05, 3.63) is 29.8 Å². The average molecular weight is 278 g/mol. The Bertz CT molecular complexity index is 432. The SMILES string of the molecule is NCC1(N2CCOc3ccccc3C2)CCSCC1. The third kappa shape index (κ3) is 2.62. The second-order valence-corrected chi connectivity index (χ2v) is 6.64. The number of nitrogens with zero attached hydrogens (tertiary/aromatic N) is 1. The monoisotopic (exact) mass is 278 g/mol. The summed E-state index contributed by atoms with van der Waals surface area (Å²) in [5.41, 5.74) is 7.63. The molecule has 1 aromatic carbocycles. The standard InChI is InChI=1S/C15H22N2OS/c16-12-15(5-9-19-10-6-15)17-7-8-18-14-4-2-1-3-13(14)11-17/h1-4H,5-12,16H2. The maximum Gasteiger partial charge on any atom is 0.123 e. The van der Waals surface area contributed by atoms with E-state index in [1.165, 1.54) is 29.9 Å². The first-order valence-electron chi connectivity index (χ1n) is 7.08. The number of thioether (sulfide) groups is 1. The second-order valence-electron chi connectivity index (χ2n) is 5.42. The van der Waals surface area contributed by atoms with Crippen LogP contribution in [0, 0.1) is 0 Å². The van der Waals surface area contributed by atoms with E-state index in [-0.39, 0.29) is 5.54 Å². The summed E-state index contributed by atoms with van der Waals surface area (Å²) in [6.07, 6.45) is 2.41. The molecule has 1 saturated heterocycles. The molecule has 104 valence electrons. The van der Waals surface area contributed by atoms with Gasteiger partial charge in [-0.3, -0.25) is 4.90 Å². The van der Waals surface area contributed by atoms with Crippen LogP contribution in [0.5, 0.6) is 5.75 Å². The van der Waals surface area contributed by atoms with Gasteiger partial charge in [-0.25, -0.2) is 0 Å². The van der Waals surface area contributed by atoms with E-state index in [1.807, 2.05) is 6.07 Å². The molecule has 0 aliphatic carbocycles. The van der Waals surface area contributed by atoms with Crippen molar-refractivity contribution in [3.8, 4) is 5.75 Å².